The first-order valence-corrected chi connectivity index (χ1v) is 7.97. The van der Waals surface area contributed by atoms with Gasteiger partial charge in [0.1, 0.15) is 4.90 Å². The number of hydrogen-bond acceptors (Lipinski definition) is 5. The van der Waals surface area contributed by atoms with Crippen LogP contribution in [0.4, 0.5) is 0 Å². The molecule has 0 saturated heterocycles. The second-order valence-corrected chi connectivity index (χ2v) is 6.82. The van der Waals surface area contributed by atoms with Gasteiger partial charge < -0.3 is 9.64 Å². The molecular weight excluding hydrogens is 280 g/mol. The van der Waals surface area contributed by atoms with E-state index >= 15 is 0 Å². The van der Waals surface area contributed by atoms with Gasteiger partial charge >= 0.3 is 0 Å². The number of H-pyrrole nitrogens is 1. The number of aromatic amines is 1. The molecule has 8 heteroatoms. The van der Waals surface area contributed by atoms with Crippen LogP contribution in [0.15, 0.2) is 11.1 Å². The smallest absolute Gasteiger partial charge is 0.246 e. The predicted octanol–water partition coefficient (Wildman–Crippen LogP) is 0.307. The van der Waals surface area contributed by atoms with Gasteiger partial charge in [0.05, 0.1) is 18.5 Å². The third-order valence-corrected chi connectivity index (χ3v) is 4.97. The molecule has 1 rings (SSSR count). The molecule has 0 fully saturated rings. The average molecular weight is 304 g/mol. The van der Waals surface area contributed by atoms with Crippen LogP contribution in [0.2, 0.25) is 0 Å². The van der Waals surface area contributed by atoms with Crippen LogP contribution in [-0.2, 0) is 14.8 Å². The molecule has 0 radical (unpaired) electrons. The highest BCUT2D eigenvalue weighted by atomic mass is 32.2. The number of rotatable bonds is 9. The van der Waals surface area contributed by atoms with Crippen molar-refractivity contribution in [1.29, 1.82) is 0 Å². The maximum absolute atomic E-state index is 12.6. The summed E-state index contributed by atoms with van der Waals surface area (Å²) in [6, 6.07) is 0. The second kappa shape index (κ2) is 7.72. The molecule has 0 amide bonds. The standard InChI is InChI=1S/C12H24N4O3S/c1-11-12(10-13-14-11)20(17,18)16(8-9-19-4)7-5-6-15(2)3/h10H,5-9H2,1-4H3,(H,13,14). The molecule has 116 valence electrons. The maximum atomic E-state index is 12.6. The molecule has 0 spiro atoms. The van der Waals surface area contributed by atoms with E-state index < -0.39 is 10.0 Å². The molecular formula is C12H24N4O3S. The van der Waals surface area contributed by atoms with E-state index in [2.05, 4.69) is 10.2 Å². The number of methoxy groups -OCH3 is 1. The van der Waals surface area contributed by atoms with Crippen LogP contribution in [0.25, 0.3) is 0 Å². The Labute approximate surface area is 121 Å². The highest BCUT2D eigenvalue weighted by molar-refractivity contribution is 7.89. The molecule has 1 heterocycles. The fourth-order valence-corrected chi connectivity index (χ4v) is 3.43. The number of nitrogens with zero attached hydrogens (tertiary/aromatic N) is 3. The van der Waals surface area contributed by atoms with Crippen LogP contribution in [0.3, 0.4) is 0 Å². The lowest BCUT2D eigenvalue weighted by Crippen LogP contribution is -2.36. The minimum atomic E-state index is -3.52. The number of ether oxygens (including phenoxy) is 1. The monoisotopic (exact) mass is 304 g/mol. The van der Waals surface area contributed by atoms with Crippen molar-refractivity contribution in [3.63, 3.8) is 0 Å². The summed E-state index contributed by atoms with van der Waals surface area (Å²) in [5, 5.41) is 6.45. The third-order valence-electron chi connectivity index (χ3n) is 2.96. The van der Waals surface area contributed by atoms with E-state index in [1.54, 1.807) is 14.0 Å². The molecule has 1 aromatic heterocycles. The highest BCUT2D eigenvalue weighted by Gasteiger charge is 2.26. The molecule has 0 aliphatic carbocycles. The summed E-state index contributed by atoms with van der Waals surface area (Å²) in [5.74, 6) is 0. The van der Waals surface area contributed by atoms with Crippen molar-refractivity contribution in [2.45, 2.75) is 18.2 Å². The van der Waals surface area contributed by atoms with Gasteiger partial charge in [-0.05, 0) is 34.0 Å². The van der Waals surface area contributed by atoms with Crippen molar-refractivity contribution in [2.75, 3.05) is 47.4 Å². The first-order valence-electron chi connectivity index (χ1n) is 6.53. The van der Waals surface area contributed by atoms with Gasteiger partial charge in [0, 0.05) is 20.2 Å². The van der Waals surface area contributed by atoms with E-state index in [9.17, 15) is 8.42 Å². The minimum Gasteiger partial charge on any atom is -0.383 e. The van der Waals surface area contributed by atoms with Crippen molar-refractivity contribution >= 4 is 10.0 Å². The summed E-state index contributed by atoms with van der Waals surface area (Å²) in [6.07, 6.45) is 2.13. The Bertz CT molecular complexity index is 499. The Balaban J connectivity index is 2.83. The second-order valence-electron chi connectivity index (χ2n) is 4.91. The molecule has 7 nitrogen and oxygen atoms in total. The zero-order chi connectivity index (χ0) is 15.2. The fraction of sp³-hybridized carbons (Fsp3) is 0.750. The molecule has 20 heavy (non-hydrogen) atoms. The molecule has 0 unspecified atom stereocenters. The normalized spacial score (nSPS) is 12.5. The van der Waals surface area contributed by atoms with E-state index in [0.717, 1.165) is 13.0 Å². The van der Waals surface area contributed by atoms with E-state index in [1.807, 2.05) is 19.0 Å². The number of hydrogen-bond donors (Lipinski definition) is 1. The molecule has 0 aliphatic heterocycles. The van der Waals surface area contributed by atoms with E-state index in [0.29, 0.717) is 25.4 Å². The van der Waals surface area contributed by atoms with Gasteiger partial charge in [-0.2, -0.15) is 9.40 Å². The molecule has 1 aromatic rings. The van der Waals surface area contributed by atoms with E-state index in [-0.39, 0.29) is 4.90 Å². The zero-order valence-corrected chi connectivity index (χ0v) is 13.4. The lowest BCUT2D eigenvalue weighted by Gasteiger charge is -2.22. The molecule has 1 N–H and O–H groups in total. The van der Waals surface area contributed by atoms with Crippen LogP contribution in [0.5, 0.6) is 0 Å². The van der Waals surface area contributed by atoms with Crippen LogP contribution in [0.1, 0.15) is 12.1 Å². The van der Waals surface area contributed by atoms with Crippen molar-refractivity contribution in [2.24, 2.45) is 0 Å². The van der Waals surface area contributed by atoms with Gasteiger partial charge in [0.15, 0.2) is 0 Å². The van der Waals surface area contributed by atoms with Crippen LogP contribution < -0.4 is 0 Å². The van der Waals surface area contributed by atoms with Gasteiger partial charge in [0.2, 0.25) is 10.0 Å². The number of aryl methyl sites for hydroxylation is 1. The van der Waals surface area contributed by atoms with Crippen LogP contribution in [0, 0.1) is 6.92 Å². The van der Waals surface area contributed by atoms with Gasteiger partial charge in [-0.15, -0.1) is 0 Å². The SMILES string of the molecule is COCCN(CCCN(C)C)S(=O)(=O)c1cn[nH]c1C. The Hall–Kier alpha value is -0.960. The summed E-state index contributed by atoms with van der Waals surface area (Å²) in [6.45, 7) is 3.72. The van der Waals surface area contributed by atoms with Gasteiger partial charge in [0.25, 0.3) is 0 Å². The third kappa shape index (κ3) is 4.55. The quantitative estimate of drug-likeness (QED) is 0.710. The minimum absolute atomic E-state index is 0.235. The van der Waals surface area contributed by atoms with Crippen molar-refractivity contribution < 1.29 is 13.2 Å². The molecule has 0 atom stereocenters. The maximum Gasteiger partial charge on any atom is 0.246 e. The molecule has 0 aliphatic rings. The number of aromatic nitrogens is 2. The van der Waals surface area contributed by atoms with Gasteiger partial charge in [-0.1, -0.05) is 0 Å². The number of sulfonamides is 1. The predicted molar refractivity (Wildman–Crippen MR) is 77.1 cm³/mol. The van der Waals surface area contributed by atoms with Crippen molar-refractivity contribution in [3.05, 3.63) is 11.9 Å². The summed E-state index contributed by atoms with van der Waals surface area (Å²) >= 11 is 0. The summed E-state index contributed by atoms with van der Waals surface area (Å²) < 4.78 is 31.6. The Morgan fingerprint density at radius 2 is 2.00 bits per heavy atom. The first kappa shape index (κ1) is 17.1. The largest absolute Gasteiger partial charge is 0.383 e. The summed E-state index contributed by atoms with van der Waals surface area (Å²) in [7, 11) is 1.98. The lowest BCUT2D eigenvalue weighted by molar-refractivity contribution is 0.177. The topological polar surface area (TPSA) is 78.5 Å². The van der Waals surface area contributed by atoms with Crippen LogP contribution >= 0.6 is 0 Å². The molecule has 0 bridgehead atoms. The highest BCUT2D eigenvalue weighted by Crippen LogP contribution is 2.17. The Morgan fingerprint density at radius 3 is 2.50 bits per heavy atom. The first-order chi connectivity index (χ1) is 9.39. The average Bonchev–Trinajstić information content (AvgIpc) is 2.79. The summed E-state index contributed by atoms with van der Waals surface area (Å²) in [5.41, 5.74) is 0.556. The Morgan fingerprint density at radius 1 is 1.30 bits per heavy atom. The van der Waals surface area contributed by atoms with Gasteiger partial charge in [-0.25, -0.2) is 8.42 Å². The van der Waals surface area contributed by atoms with Crippen molar-refractivity contribution in [3.8, 4) is 0 Å². The zero-order valence-electron chi connectivity index (χ0n) is 12.6. The lowest BCUT2D eigenvalue weighted by atomic mass is 10.4. The molecule has 0 aromatic carbocycles. The number of nitrogens with one attached hydrogen (secondary N) is 1. The van der Waals surface area contributed by atoms with Gasteiger partial charge in [-0.3, -0.25) is 5.10 Å². The van der Waals surface area contributed by atoms with E-state index in [4.69, 9.17) is 4.74 Å². The molecule has 0 saturated carbocycles. The summed E-state index contributed by atoms with van der Waals surface area (Å²) in [4.78, 5) is 2.27. The van der Waals surface area contributed by atoms with Crippen LogP contribution in [-0.4, -0.2) is 75.3 Å². The Kier molecular flexibility index (Phi) is 6.60. The van der Waals surface area contributed by atoms with E-state index in [1.165, 1.54) is 10.5 Å². The fourth-order valence-electron chi connectivity index (χ4n) is 1.85. The van der Waals surface area contributed by atoms with Crippen molar-refractivity contribution in [1.82, 2.24) is 19.4 Å².